The van der Waals surface area contributed by atoms with E-state index in [1.807, 2.05) is 0 Å². The summed E-state index contributed by atoms with van der Waals surface area (Å²) < 4.78 is 0. The third-order valence-corrected chi connectivity index (χ3v) is 4.49. The van der Waals surface area contributed by atoms with Crippen LogP contribution in [0.2, 0.25) is 0 Å². The van der Waals surface area contributed by atoms with Gasteiger partial charge >= 0.3 is 0 Å². The molecule has 0 aromatic carbocycles. The van der Waals surface area contributed by atoms with Gasteiger partial charge in [-0.15, -0.1) is 0 Å². The molecule has 1 unspecified atom stereocenters. The Morgan fingerprint density at radius 2 is 1.00 bits per heavy atom. The van der Waals surface area contributed by atoms with Gasteiger partial charge in [-0.05, 0) is 25.2 Å². The molecule has 0 amide bonds. The van der Waals surface area contributed by atoms with E-state index in [1.165, 1.54) is 83.5 Å². The predicted octanol–water partition coefficient (Wildman–Crippen LogP) is 5.46. The van der Waals surface area contributed by atoms with Gasteiger partial charge in [0.2, 0.25) is 0 Å². The van der Waals surface area contributed by atoms with Gasteiger partial charge < -0.3 is 10.2 Å². The van der Waals surface area contributed by atoms with Crippen molar-refractivity contribution < 1.29 is 10.2 Å². The first kappa shape index (κ1) is 20.9. The minimum Gasteiger partial charge on any atom is -0.396 e. The van der Waals surface area contributed by atoms with Gasteiger partial charge in [0, 0.05) is 13.2 Å². The lowest BCUT2D eigenvalue weighted by Crippen LogP contribution is -2.06. The summed E-state index contributed by atoms with van der Waals surface area (Å²) in [5, 5.41) is 18.2. The third kappa shape index (κ3) is 16.1. The maximum Gasteiger partial charge on any atom is 0.0459 e. The first-order chi connectivity index (χ1) is 10.3. The van der Waals surface area contributed by atoms with Crippen LogP contribution in [-0.2, 0) is 0 Å². The number of rotatable bonds is 17. The number of unbranched alkanes of at least 4 members (excludes halogenated alkanes) is 11. The van der Waals surface area contributed by atoms with Crippen molar-refractivity contribution in [2.75, 3.05) is 13.2 Å². The molecular weight excluding hydrogens is 260 g/mol. The van der Waals surface area contributed by atoms with Crippen molar-refractivity contribution in [1.82, 2.24) is 0 Å². The van der Waals surface area contributed by atoms with Gasteiger partial charge in [0.1, 0.15) is 0 Å². The van der Waals surface area contributed by atoms with Crippen molar-refractivity contribution >= 4 is 0 Å². The van der Waals surface area contributed by atoms with Crippen molar-refractivity contribution in [3.63, 3.8) is 0 Å². The number of aliphatic hydroxyl groups excluding tert-OH is 2. The van der Waals surface area contributed by atoms with Gasteiger partial charge in [-0.2, -0.15) is 0 Å². The summed E-state index contributed by atoms with van der Waals surface area (Å²) in [4.78, 5) is 0. The number of hydrogen-bond donors (Lipinski definition) is 2. The molecule has 0 fully saturated rings. The zero-order valence-electron chi connectivity index (χ0n) is 14.5. The molecule has 0 aliphatic carbocycles. The van der Waals surface area contributed by atoms with Crippen LogP contribution >= 0.6 is 0 Å². The van der Waals surface area contributed by atoms with Gasteiger partial charge in [-0.3, -0.25) is 0 Å². The highest BCUT2D eigenvalue weighted by Crippen LogP contribution is 2.18. The zero-order chi connectivity index (χ0) is 15.6. The Balaban J connectivity index is 3.28. The van der Waals surface area contributed by atoms with Crippen LogP contribution in [0, 0.1) is 5.92 Å². The molecule has 0 spiro atoms. The van der Waals surface area contributed by atoms with E-state index >= 15 is 0 Å². The average molecular weight is 301 g/mol. The first-order valence-corrected chi connectivity index (χ1v) is 9.56. The normalized spacial score (nSPS) is 12.7. The second kappa shape index (κ2) is 18.0. The van der Waals surface area contributed by atoms with Crippen LogP contribution < -0.4 is 0 Å². The summed E-state index contributed by atoms with van der Waals surface area (Å²) in [6.45, 7) is 2.96. The van der Waals surface area contributed by atoms with Gasteiger partial charge in [0.25, 0.3) is 0 Å². The van der Waals surface area contributed by atoms with Crippen molar-refractivity contribution in [2.45, 2.75) is 103 Å². The summed E-state index contributed by atoms with van der Waals surface area (Å²) in [7, 11) is 0. The predicted molar refractivity (Wildman–Crippen MR) is 92.6 cm³/mol. The smallest absolute Gasteiger partial charge is 0.0459 e. The Bertz CT molecular complexity index is 182. The van der Waals surface area contributed by atoms with E-state index in [1.54, 1.807) is 0 Å². The largest absolute Gasteiger partial charge is 0.396 e. The summed E-state index contributed by atoms with van der Waals surface area (Å²) in [5.74, 6) is 0.530. The molecule has 0 bridgehead atoms. The highest BCUT2D eigenvalue weighted by atomic mass is 16.3. The molecule has 0 aromatic heterocycles. The van der Waals surface area contributed by atoms with E-state index in [0.717, 1.165) is 12.8 Å². The molecule has 21 heavy (non-hydrogen) atoms. The molecular formula is C19H40O2. The molecule has 2 heteroatoms. The van der Waals surface area contributed by atoms with Crippen molar-refractivity contribution in [1.29, 1.82) is 0 Å². The summed E-state index contributed by atoms with van der Waals surface area (Å²) in [5.41, 5.74) is 0. The molecule has 2 N–H and O–H groups in total. The quantitative estimate of drug-likeness (QED) is 0.350. The van der Waals surface area contributed by atoms with Gasteiger partial charge in [-0.25, -0.2) is 0 Å². The topological polar surface area (TPSA) is 40.5 Å². The van der Waals surface area contributed by atoms with Crippen LogP contribution in [0.3, 0.4) is 0 Å². The molecule has 0 saturated heterocycles. The van der Waals surface area contributed by atoms with E-state index in [-0.39, 0.29) is 0 Å². The minimum atomic E-state index is 0.331. The van der Waals surface area contributed by atoms with Crippen LogP contribution in [0.15, 0.2) is 0 Å². The summed E-state index contributed by atoms with van der Waals surface area (Å²) >= 11 is 0. The van der Waals surface area contributed by atoms with Gasteiger partial charge in [0.15, 0.2) is 0 Å². The van der Waals surface area contributed by atoms with Crippen molar-refractivity contribution in [2.24, 2.45) is 5.92 Å². The van der Waals surface area contributed by atoms with Crippen LogP contribution in [0.5, 0.6) is 0 Å². The second-order valence-electron chi connectivity index (χ2n) is 6.59. The molecule has 2 nitrogen and oxygen atoms in total. The Labute approximate surface area is 133 Å². The van der Waals surface area contributed by atoms with E-state index in [0.29, 0.717) is 19.1 Å². The molecule has 0 aromatic rings. The lowest BCUT2D eigenvalue weighted by Gasteiger charge is -2.13. The SMILES string of the molecule is CCCCCCCCCCC(CO)CCCCCCCO. The molecule has 0 aliphatic rings. The van der Waals surface area contributed by atoms with E-state index in [4.69, 9.17) is 5.11 Å². The monoisotopic (exact) mass is 300 g/mol. The fourth-order valence-electron chi connectivity index (χ4n) is 2.97. The summed E-state index contributed by atoms with van der Waals surface area (Å²) in [6, 6.07) is 0. The van der Waals surface area contributed by atoms with Crippen molar-refractivity contribution in [3.05, 3.63) is 0 Å². The van der Waals surface area contributed by atoms with Crippen LogP contribution in [0.4, 0.5) is 0 Å². The lowest BCUT2D eigenvalue weighted by atomic mass is 9.95. The highest BCUT2D eigenvalue weighted by molar-refractivity contribution is 4.59. The first-order valence-electron chi connectivity index (χ1n) is 9.56. The molecule has 0 radical (unpaired) electrons. The third-order valence-electron chi connectivity index (χ3n) is 4.49. The van der Waals surface area contributed by atoms with Crippen LogP contribution in [-0.4, -0.2) is 23.4 Å². The molecule has 128 valence electrons. The second-order valence-corrected chi connectivity index (χ2v) is 6.59. The molecule has 0 heterocycles. The van der Waals surface area contributed by atoms with Crippen LogP contribution in [0.25, 0.3) is 0 Å². The Kier molecular flexibility index (Phi) is 17.9. The average Bonchev–Trinajstić information content (AvgIpc) is 2.51. The Morgan fingerprint density at radius 1 is 0.571 bits per heavy atom. The maximum absolute atomic E-state index is 9.43. The minimum absolute atomic E-state index is 0.331. The standard InChI is InChI=1S/C19H40O2/c1-2-3-4-5-6-7-9-12-15-19(18-21)16-13-10-8-11-14-17-20/h19-21H,2-18H2,1H3. The van der Waals surface area contributed by atoms with Gasteiger partial charge in [-0.1, -0.05) is 84.0 Å². The molecule has 0 aliphatic heterocycles. The molecule has 1 atom stereocenters. The van der Waals surface area contributed by atoms with E-state index < -0.39 is 0 Å². The number of aliphatic hydroxyl groups is 2. The molecule has 0 saturated carbocycles. The number of hydrogen-bond acceptors (Lipinski definition) is 2. The fourth-order valence-corrected chi connectivity index (χ4v) is 2.97. The lowest BCUT2D eigenvalue weighted by molar-refractivity contribution is 0.204. The molecule has 0 rings (SSSR count). The van der Waals surface area contributed by atoms with E-state index in [9.17, 15) is 5.11 Å². The maximum atomic E-state index is 9.43. The van der Waals surface area contributed by atoms with Gasteiger partial charge in [0.05, 0.1) is 0 Å². The summed E-state index contributed by atoms with van der Waals surface area (Å²) in [6.07, 6.45) is 19.2. The Hall–Kier alpha value is -0.0800. The van der Waals surface area contributed by atoms with Crippen molar-refractivity contribution in [3.8, 4) is 0 Å². The van der Waals surface area contributed by atoms with Crippen LogP contribution in [0.1, 0.15) is 103 Å². The van der Waals surface area contributed by atoms with E-state index in [2.05, 4.69) is 6.92 Å². The Morgan fingerprint density at radius 3 is 1.43 bits per heavy atom. The fraction of sp³-hybridized carbons (Fsp3) is 1.00. The zero-order valence-corrected chi connectivity index (χ0v) is 14.5. The highest BCUT2D eigenvalue weighted by Gasteiger charge is 2.06.